The standard InChI is InChI=1S/C19H15I3O6/c1-3-10-6-12(20)16(15(7-10)26-2)19(25)28-5-4-27-17-13(21)8-11(18(23)24)9-14(17)22/h3,6-9H,1,4-5H2,2H3,(H,23,24). The monoisotopic (exact) mass is 720 g/mol. The predicted octanol–water partition coefficient (Wildman–Crippen LogP) is 5.09. The Balaban J connectivity index is 2.02. The highest BCUT2D eigenvalue weighted by molar-refractivity contribution is 14.1. The minimum Gasteiger partial charge on any atom is -0.496 e. The zero-order valence-corrected chi connectivity index (χ0v) is 21.1. The number of aromatic carboxylic acids is 1. The molecule has 0 amide bonds. The lowest BCUT2D eigenvalue weighted by Gasteiger charge is -2.13. The summed E-state index contributed by atoms with van der Waals surface area (Å²) in [7, 11) is 1.49. The zero-order valence-electron chi connectivity index (χ0n) is 14.6. The Kier molecular flexibility index (Phi) is 8.80. The van der Waals surface area contributed by atoms with Gasteiger partial charge in [0.15, 0.2) is 0 Å². The van der Waals surface area contributed by atoms with E-state index < -0.39 is 11.9 Å². The van der Waals surface area contributed by atoms with E-state index >= 15 is 0 Å². The summed E-state index contributed by atoms with van der Waals surface area (Å²) >= 11 is 6.08. The van der Waals surface area contributed by atoms with E-state index in [1.54, 1.807) is 12.1 Å². The van der Waals surface area contributed by atoms with Crippen molar-refractivity contribution in [3.05, 3.63) is 58.2 Å². The number of hydrogen-bond donors (Lipinski definition) is 1. The molecule has 2 rings (SSSR count). The van der Waals surface area contributed by atoms with Crippen LogP contribution in [0.4, 0.5) is 0 Å². The van der Waals surface area contributed by atoms with E-state index in [1.807, 2.05) is 51.2 Å². The number of carboxylic acid groups (broad SMARTS) is 1. The van der Waals surface area contributed by atoms with Crippen LogP contribution in [0.3, 0.4) is 0 Å². The summed E-state index contributed by atoms with van der Waals surface area (Å²) in [6.07, 6.45) is 1.67. The molecule has 0 aliphatic carbocycles. The lowest BCUT2D eigenvalue weighted by molar-refractivity contribution is 0.0444. The third-order valence-electron chi connectivity index (χ3n) is 3.54. The molecule has 0 aliphatic heterocycles. The van der Waals surface area contributed by atoms with Gasteiger partial charge in [0.05, 0.1) is 19.8 Å². The van der Waals surface area contributed by atoms with Gasteiger partial charge in [-0.25, -0.2) is 9.59 Å². The minimum atomic E-state index is -0.998. The maximum Gasteiger partial charge on any atom is 0.343 e. The molecule has 0 bridgehead atoms. The summed E-state index contributed by atoms with van der Waals surface area (Å²) in [5.41, 5.74) is 1.39. The number of esters is 1. The lowest BCUT2D eigenvalue weighted by atomic mass is 10.1. The van der Waals surface area contributed by atoms with Gasteiger partial charge in [0.2, 0.25) is 0 Å². The molecule has 0 saturated heterocycles. The number of ether oxygens (including phenoxy) is 3. The summed E-state index contributed by atoms with van der Waals surface area (Å²) in [5, 5.41) is 9.08. The molecule has 0 saturated carbocycles. The third kappa shape index (κ3) is 5.72. The number of methoxy groups -OCH3 is 1. The summed E-state index contributed by atoms with van der Waals surface area (Å²) in [4.78, 5) is 23.5. The Morgan fingerprint density at radius 2 is 1.71 bits per heavy atom. The average Bonchev–Trinajstić information content (AvgIpc) is 2.65. The van der Waals surface area contributed by atoms with Crippen molar-refractivity contribution in [3.63, 3.8) is 0 Å². The Morgan fingerprint density at radius 3 is 2.25 bits per heavy atom. The number of carbonyl (C=O) groups excluding carboxylic acids is 1. The van der Waals surface area contributed by atoms with Crippen LogP contribution in [-0.2, 0) is 4.74 Å². The van der Waals surface area contributed by atoms with Crippen molar-refractivity contribution in [2.24, 2.45) is 0 Å². The smallest absolute Gasteiger partial charge is 0.343 e. The quantitative estimate of drug-likeness (QED) is 0.233. The fraction of sp³-hybridized carbons (Fsp3) is 0.158. The van der Waals surface area contributed by atoms with Gasteiger partial charge < -0.3 is 19.3 Å². The van der Waals surface area contributed by atoms with Gasteiger partial charge in [-0.1, -0.05) is 12.7 Å². The molecular formula is C19H15I3O6. The van der Waals surface area contributed by atoms with Crippen LogP contribution in [0, 0.1) is 10.7 Å². The summed E-state index contributed by atoms with van der Waals surface area (Å²) < 4.78 is 18.3. The second kappa shape index (κ2) is 10.6. The molecule has 1 N–H and O–H groups in total. The number of carbonyl (C=O) groups is 2. The zero-order chi connectivity index (χ0) is 20.8. The van der Waals surface area contributed by atoms with Crippen LogP contribution in [0.15, 0.2) is 30.8 Å². The van der Waals surface area contributed by atoms with Gasteiger partial charge in [0.1, 0.15) is 30.3 Å². The molecule has 0 unspecified atom stereocenters. The molecule has 2 aromatic carbocycles. The van der Waals surface area contributed by atoms with Crippen molar-refractivity contribution in [3.8, 4) is 11.5 Å². The van der Waals surface area contributed by atoms with Crippen molar-refractivity contribution in [1.29, 1.82) is 0 Å². The van der Waals surface area contributed by atoms with Crippen LogP contribution in [0.1, 0.15) is 26.3 Å². The summed E-state index contributed by atoms with van der Waals surface area (Å²) in [6, 6.07) is 6.59. The van der Waals surface area contributed by atoms with Crippen molar-refractivity contribution in [2.45, 2.75) is 0 Å². The van der Waals surface area contributed by atoms with E-state index in [0.717, 1.165) is 5.56 Å². The van der Waals surface area contributed by atoms with Gasteiger partial charge in [-0.05, 0) is 97.6 Å². The van der Waals surface area contributed by atoms with Crippen LogP contribution in [-0.4, -0.2) is 37.4 Å². The normalized spacial score (nSPS) is 10.3. The molecule has 148 valence electrons. The highest BCUT2D eigenvalue weighted by atomic mass is 127. The molecule has 6 nitrogen and oxygen atoms in total. The molecule has 0 heterocycles. The molecule has 2 aromatic rings. The Hall–Kier alpha value is -1.09. The lowest BCUT2D eigenvalue weighted by Crippen LogP contribution is -2.15. The fourth-order valence-corrected chi connectivity index (χ4v) is 5.17. The first kappa shape index (κ1) is 23.2. The number of carboxylic acids is 1. The van der Waals surface area contributed by atoms with E-state index in [4.69, 9.17) is 19.3 Å². The van der Waals surface area contributed by atoms with Crippen molar-refractivity contribution < 1.29 is 28.9 Å². The van der Waals surface area contributed by atoms with Gasteiger partial charge in [-0.2, -0.15) is 0 Å². The van der Waals surface area contributed by atoms with Crippen LogP contribution in [0.25, 0.3) is 6.08 Å². The first-order chi connectivity index (χ1) is 13.3. The molecule has 0 fully saturated rings. The molecule has 0 aliphatic rings. The van der Waals surface area contributed by atoms with E-state index in [9.17, 15) is 9.59 Å². The van der Waals surface area contributed by atoms with E-state index in [1.165, 1.54) is 19.2 Å². The molecular weight excluding hydrogens is 705 g/mol. The maximum atomic E-state index is 12.5. The summed E-state index contributed by atoms with van der Waals surface area (Å²) in [5.74, 6) is -0.528. The molecule has 0 atom stereocenters. The van der Waals surface area contributed by atoms with Crippen molar-refractivity contribution >= 4 is 85.8 Å². The van der Waals surface area contributed by atoms with Gasteiger partial charge in [-0.15, -0.1) is 0 Å². The number of halogens is 3. The molecule has 0 aromatic heterocycles. The van der Waals surface area contributed by atoms with Gasteiger partial charge in [0, 0.05) is 3.57 Å². The van der Waals surface area contributed by atoms with Crippen LogP contribution < -0.4 is 9.47 Å². The topological polar surface area (TPSA) is 82.1 Å². The second-order valence-corrected chi connectivity index (χ2v) is 8.83. The van der Waals surface area contributed by atoms with Crippen molar-refractivity contribution in [2.75, 3.05) is 20.3 Å². The molecule has 9 heteroatoms. The average molecular weight is 720 g/mol. The van der Waals surface area contributed by atoms with Crippen molar-refractivity contribution in [1.82, 2.24) is 0 Å². The summed E-state index contributed by atoms with van der Waals surface area (Å²) in [6.45, 7) is 3.88. The first-order valence-electron chi connectivity index (χ1n) is 7.80. The minimum absolute atomic E-state index is 0.0358. The van der Waals surface area contributed by atoms with Crippen LogP contribution in [0.5, 0.6) is 11.5 Å². The number of rotatable bonds is 8. The number of benzene rings is 2. The predicted molar refractivity (Wildman–Crippen MR) is 130 cm³/mol. The molecule has 0 spiro atoms. The van der Waals surface area contributed by atoms with E-state index in [2.05, 4.69) is 29.2 Å². The van der Waals surface area contributed by atoms with Gasteiger partial charge >= 0.3 is 11.9 Å². The molecule has 28 heavy (non-hydrogen) atoms. The Bertz CT molecular complexity index is 903. The molecule has 0 radical (unpaired) electrons. The van der Waals surface area contributed by atoms with Gasteiger partial charge in [-0.3, -0.25) is 0 Å². The van der Waals surface area contributed by atoms with E-state index in [-0.39, 0.29) is 18.8 Å². The SMILES string of the molecule is C=Cc1cc(I)c(C(=O)OCCOc2c(I)cc(C(=O)O)cc2I)c(OC)c1. The largest absolute Gasteiger partial charge is 0.496 e. The highest BCUT2D eigenvalue weighted by Gasteiger charge is 2.19. The highest BCUT2D eigenvalue weighted by Crippen LogP contribution is 2.30. The van der Waals surface area contributed by atoms with Crippen LogP contribution in [0.2, 0.25) is 0 Å². The maximum absolute atomic E-state index is 12.5. The van der Waals surface area contributed by atoms with Gasteiger partial charge in [0.25, 0.3) is 0 Å². The second-order valence-electron chi connectivity index (χ2n) is 5.34. The Labute approximate surface area is 203 Å². The Morgan fingerprint density at radius 1 is 1.07 bits per heavy atom. The fourth-order valence-electron chi connectivity index (χ4n) is 2.25. The third-order valence-corrected chi connectivity index (χ3v) is 6.00. The van der Waals surface area contributed by atoms with Crippen LogP contribution >= 0.6 is 67.8 Å². The first-order valence-corrected chi connectivity index (χ1v) is 11.0. The van der Waals surface area contributed by atoms with E-state index in [0.29, 0.717) is 27.8 Å². The number of hydrogen-bond acceptors (Lipinski definition) is 5.